The minimum absolute atomic E-state index is 0.0308. The van der Waals surface area contributed by atoms with E-state index in [0.29, 0.717) is 30.2 Å². The Bertz CT molecular complexity index is 1330. The van der Waals surface area contributed by atoms with Crippen LogP contribution in [0.25, 0.3) is 5.52 Å². The zero-order chi connectivity index (χ0) is 25.2. The number of fused-ring (bicyclic) bond motifs is 1. The first-order valence-electron chi connectivity index (χ1n) is 10.4. The zero-order valence-corrected chi connectivity index (χ0v) is 20.5. The third-order valence-electron chi connectivity index (χ3n) is 5.15. The van der Waals surface area contributed by atoms with Gasteiger partial charge in [0.2, 0.25) is 0 Å². The second kappa shape index (κ2) is 9.70. The monoisotopic (exact) mass is 553 g/mol. The van der Waals surface area contributed by atoms with Crippen LogP contribution in [-0.2, 0) is 4.74 Å². The summed E-state index contributed by atoms with van der Waals surface area (Å²) in [6.07, 6.45) is 0. The number of methoxy groups -OCH3 is 1. The number of alkyl halides is 3. The van der Waals surface area contributed by atoms with Gasteiger partial charge in [0.15, 0.2) is 0 Å². The van der Waals surface area contributed by atoms with E-state index in [4.69, 9.17) is 15.2 Å². The number of nitrogens with two attached hydrogens (primary N) is 1. The molecule has 0 unspecified atom stereocenters. The number of anilines is 2. The second-order valence-corrected chi connectivity index (χ2v) is 10.3. The number of nitrogens with one attached hydrogen (secondary N) is 2. The Hall–Kier alpha value is -3.39. The van der Waals surface area contributed by atoms with E-state index < -0.39 is 20.0 Å². The molecule has 1 aliphatic heterocycles. The van der Waals surface area contributed by atoms with Crippen LogP contribution >= 0.6 is 0 Å². The molecule has 0 radical (unpaired) electrons. The molecule has 8 nitrogen and oxygen atoms in total. The molecular formula is C23H22F3N5O3Se. The molecule has 35 heavy (non-hydrogen) atoms. The average Bonchev–Trinajstić information content (AvgIpc) is 3.12. The molecule has 1 aliphatic rings. The third kappa shape index (κ3) is 5.65. The molecule has 3 aromatic rings. The Morgan fingerprint density at radius 2 is 2.11 bits per heavy atom. The summed E-state index contributed by atoms with van der Waals surface area (Å²) in [5, 5.41) is 5.80. The second-order valence-electron chi connectivity index (χ2n) is 8.05. The van der Waals surface area contributed by atoms with E-state index in [9.17, 15) is 18.0 Å². The Labute approximate surface area is 205 Å². The fourth-order valence-electron chi connectivity index (χ4n) is 3.44. The molecule has 1 amide bonds. The van der Waals surface area contributed by atoms with Crippen LogP contribution in [-0.4, -0.2) is 68.0 Å². The number of aromatic nitrogens is 2. The summed E-state index contributed by atoms with van der Waals surface area (Å²) in [5.41, 5.74) is 6.81. The van der Waals surface area contributed by atoms with Gasteiger partial charge in [0.25, 0.3) is 0 Å². The van der Waals surface area contributed by atoms with Crippen molar-refractivity contribution < 1.29 is 27.4 Å². The number of amides is 1. The summed E-state index contributed by atoms with van der Waals surface area (Å²) in [5.74, 6) is 5.94. The van der Waals surface area contributed by atoms with Gasteiger partial charge in [-0.1, -0.05) is 0 Å². The Morgan fingerprint density at radius 3 is 2.77 bits per heavy atom. The van der Waals surface area contributed by atoms with Crippen LogP contribution in [0.5, 0.6) is 5.75 Å². The van der Waals surface area contributed by atoms with E-state index in [1.54, 1.807) is 30.3 Å². The summed E-state index contributed by atoms with van der Waals surface area (Å²) in [6.45, 7) is 2.93. The predicted molar refractivity (Wildman–Crippen MR) is 126 cm³/mol. The third-order valence-corrected chi connectivity index (χ3v) is 6.91. The summed E-state index contributed by atoms with van der Waals surface area (Å²) >= 11 is -1.83. The topological polar surface area (TPSA) is 103 Å². The minimum atomic E-state index is -4.36. The van der Waals surface area contributed by atoms with Crippen LogP contribution < -0.4 is 25.6 Å². The molecule has 12 heteroatoms. The van der Waals surface area contributed by atoms with Gasteiger partial charge in [0, 0.05) is 0 Å². The molecule has 4 rings (SSSR count). The summed E-state index contributed by atoms with van der Waals surface area (Å²) in [7, 11) is 1.47. The van der Waals surface area contributed by atoms with Crippen molar-refractivity contribution in [1.82, 2.24) is 14.9 Å². The molecular weight excluding hydrogens is 530 g/mol. The van der Waals surface area contributed by atoms with Crippen LogP contribution in [0.4, 0.5) is 24.7 Å². The van der Waals surface area contributed by atoms with E-state index in [2.05, 4.69) is 27.6 Å². The maximum absolute atomic E-state index is 13.2. The molecule has 4 N–H and O–H groups in total. The van der Waals surface area contributed by atoms with Gasteiger partial charge in [-0.05, 0) is 6.92 Å². The number of carbonyl (C=O) groups is 1. The maximum atomic E-state index is 13.2. The van der Waals surface area contributed by atoms with Gasteiger partial charge in [-0.2, -0.15) is 0 Å². The molecule has 0 spiro atoms. The number of benzene rings is 1. The number of rotatable bonds is 6. The van der Waals surface area contributed by atoms with Crippen LogP contribution in [0.2, 0.25) is 0 Å². The Kier molecular flexibility index (Phi) is 6.85. The fourth-order valence-corrected chi connectivity index (χ4v) is 4.86. The molecule has 2 aromatic heterocycles. The summed E-state index contributed by atoms with van der Waals surface area (Å²) < 4.78 is 51.4. The number of carbonyl (C=O) groups excluding carboxylic acids is 1. The molecule has 1 fully saturated rings. The quantitative estimate of drug-likeness (QED) is 0.318. The normalized spacial score (nSPS) is 14.5. The summed E-state index contributed by atoms with van der Waals surface area (Å²) in [4.78, 5) is 12.5. The van der Waals surface area contributed by atoms with Crippen molar-refractivity contribution in [2.45, 2.75) is 17.5 Å². The molecule has 184 valence electrons. The number of hydrogen-bond donors (Lipinski definition) is 3. The van der Waals surface area contributed by atoms with E-state index in [0.717, 1.165) is 0 Å². The molecule has 1 aromatic carbocycles. The van der Waals surface area contributed by atoms with Gasteiger partial charge in [-0.25, -0.2) is 0 Å². The van der Waals surface area contributed by atoms with Gasteiger partial charge >= 0.3 is 175 Å². The Morgan fingerprint density at radius 1 is 1.34 bits per heavy atom. The fraction of sp³-hybridized carbons (Fsp3) is 0.304. The van der Waals surface area contributed by atoms with Crippen molar-refractivity contribution in [2.75, 3.05) is 37.9 Å². The number of pyridine rings is 1. The predicted octanol–water partition coefficient (Wildman–Crippen LogP) is 1.76. The average molecular weight is 552 g/mol. The first-order valence-corrected chi connectivity index (χ1v) is 12.1. The van der Waals surface area contributed by atoms with Crippen molar-refractivity contribution >= 4 is 42.3 Å². The number of hydrogen-bond acceptors (Lipinski definition) is 6. The van der Waals surface area contributed by atoms with E-state index in [1.165, 1.54) is 17.7 Å². The molecule has 0 atom stereocenters. The number of ether oxygens (including phenoxy) is 2. The van der Waals surface area contributed by atoms with Crippen molar-refractivity contribution in [1.29, 1.82) is 0 Å². The van der Waals surface area contributed by atoms with Gasteiger partial charge in [-0.15, -0.1) is 0 Å². The van der Waals surface area contributed by atoms with E-state index in [-0.39, 0.29) is 39.5 Å². The van der Waals surface area contributed by atoms with E-state index >= 15 is 0 Å². The number of halogens is 3. The Balaban J connectivity index is 1.49. The number of nitrogens with zero attached hydrogens (tertiary/aromatic N) is 2. The van der Waals surface area contributed by atoms with Crippen LogP contribution in [0, 0.1) is 11.8 Å². The van der Waals surface area contributed by atoms with Gasteiger partial charge in [0.1, 0.15) is 0 Å². The first-order chi connectivity index (χ1) is 16.6. The molecule has 0 bridgehead atoms. The van der Waals surface area contributed by atoms with Crippen molar-refractivity contribution in [2.24, 2.45) is 0 Å². The van der Waals surface area contributed by atoms with Crippen molar-refractivity contribution in [3.8, 4) is 17.6 Å². The summed E-state index contributed by atoms with van der Waals surface area (Å²) in [6, 6.07) is 9.60. The standard InChI is InChI=1S/C23H22F3N5O3Se/c1-22(12-34-13-22)29-21(32)14-8-9-15(18(11-14)33-2)28-10-4-5-16-20(35-23(24,25)26)17-6-3-7-19(27)31(17)30-16/h3,6-9,11,28H,10,12-13,27H2,1-2H3,(H,29,32). The van der Waals surface area contributed by atoms with E-state index in [1.807, 2.05) is 6.92 Å². The number of nitrogen functional groups attached to an aromatic ring is 1. The first kappa shape index (κ1) is 24.7. The van der Waals surface area contributed by atoms with Crippen LogP contribution in [0.15, 0.2) is 36.4 Å². The van der Waals surface area contributed by atoms with Gasteiger partial charge in [-0.3, -0.25) is 0 Å². The van der Waals surface area contributed by atoms with Crippen molar-refractivity contribution in [3.05, 3.63) is 47.7 Å². The van der Waals surface area contributed by atoms with Crippen molar-refractivity contribution in [3.63, 3.8) is 0 Å². The van der Waals surface area contributed by atoms with Gasteiger partial charge < -0.3 is 4.74 Å². The molecule has 0 saturated carbocycles. The molecule has 1 saturated heterocycles. The van der Waals surface area contributed by atoms with Gasteiger partial charge in [0.05, 0.1) is 18.8 Å². The molecule has 3 heterocycles. The SMILES string of the molecule is COc1cc(C(=O)NC2(C)COC2)ccc1NCC#Cc1nn2c(N)cccc2c1[Se]C(F)(F)F. The van der Waals surface area contributed by atoms with Crippen LogP contribution in [0.1, 0.15) is 23.0 Å². The molecule has 0 aliphatic carbocycles. The van der Waals surface area contributed by atoms with Crippen LogP contribution in [0.3, 0.4) is 0 Å². The zero-order valence-electron chi connectivity index (χ0n) is 18.8.